The smallest absolute Gasteiger partial charge is 0.207 e. The third-order valence-electron chi connectivity index (χ3n) is 4.34. The summed E-state index contributed by atoms with van der Waals surface area (Å²) in [5.41, 5.74) is 9.07. The first kappa shape index (κ1) is 16.2. The van der Waals surface area contributed by atoms with Gasteiger partial charge < -0.3 is 15.6 Å². The molecule has 0 saturated carbocycles. The number of rotatable bonds is 7. The second-order valence-electron chi connectivity index (χ2n) is 5.88. The van der Waals surface area contributed by atoms with Gasteiger partial charge in [0.25, 0.3) is 0 Å². The standard InChI is InChI=1S/C18H23N5O/c1-2-15-22-16-17(23(15)11-7-6-10-20-12-24)13-8-4-3-5-9-14(13)21-18(16)19/h3-5,8-9,12-13H,2,6-7,10-11H2,1H3,(H2,19,21)(H,20,24). The predicted octanol–water partition coefficient (Wildman–Crippen LogP) is 1.78. The van der Waals surface area contributed by atoms with Crippen LogP contribution in [0.5, 0.6) is 0 Å². The zero-order chi connectivity index (χ0) is 16.9. The zero-order valence-electron chi connectivity index (χ0n) is 13.9. The van der Waals surface area contributed by atoms with Crippen molar-refractivity contribution in [3.8, 4) is 0 Å². The molecular formula is C18H23N5O. The minimum Gasteiger partial charge on any atom is -0.382 e. The number of imidazole rings is 1. The number of hydrogen-bond donors (Lipinski definition) is 2. The van der Waals surface area contributed by atoms with Crippen LogP contribution in [0.3, 0.4) is 0 Å². The Morgan fingerprint density at radius 1 is 1.33 bits per heavy atom. The van der Waals surface area contributed by atoms with E-state index in [1.165, 1.54) is 0 Å². The van der Waals surface area contributed by atoms with Gasteiger partial charge in [0.1, 0.15) is 11.5 Å². The van der Waals surface area contributed by atoms with E-state index in [4.69, 9.17) is 10.7 Å². The summed E-state index contributed by atoms with van der Waals surface area (Å²) >= 11 is 0. The summed E-state index contributed by atoms with van der Waals surface area (Å²) in [4.78, 5) is 19.6. The predicted molar refractivity (Wildman–Crippen MR) is 94.7 cm³/mol. The van der Waals surface area contributed by atoms with Crippen molar-refractivity contribution in [2.45, 2.75) is 38.6 Å². The van der Waals surface area contributed by atoms with E-state index in [2.05, 4.69) is 27.9 Å². The van der Waals surface area contributed by atoms with Gasteiger partial charge in [-0.2, -0.15) is 0 Å². The van der Waals surface area contributed by atoms with Crippen LogP contribution in [-0.4, -0.2) is 28.3 Å². The van der Waals surface area contributed by atoms with Gasteiger partial charge in [0.05, 0.1) is 17.3 Å². The number of nitrogens with zero attached hydrogens (tertiary/aromatic N) is 3. The van der Waals surface area contributed by atoms with E-state index in [0.717, 1.165) is 55.1 Å². The van der Waals surface area contributed by atoms with Crippen molar-refractivity contribution in [3.63, 3.8) is 0 Å². The fourth-order valence-corrected chi connectivity index (χ4v) is 3.22. The molecule has 2 heterocycles. The summed E-state index contributed by atoms with van der Waals surface area (Å²) in [6.07, 6.45) is 13.7. The topological polar surface area (TPSA) is 85.3 Å². The molecule has 1 atom stereocenters. The summed E-state index contributed by atoms with van der Waals surface area (Å²) in [5.74, 6) is 1.61. The minimum absolute atomic E-state index is 0.0863. The number of amides is 1. The number of aliphatic imine (C=N–C) groups is 1. The Labute approximate surface area is 141 Å². The number of nitrogens with two attached hydrogens (primary N) is 1. The Balaban J connectivity index is 1.93. The zero-order valence-corrected chi connectivity index (χ0v) is 13.9. The average Bonchev–Trinajstić information content (AvgIpc) is 2.80. The fourth-order valence-electron chi connectivity index (χ4n) is 3.22. The molecule has 0 radical (unpaired) electrons. The number of unbranched alkanes of at least 4 members (excludes halogenated alkanes) is 1. The molecule has 3 rings (SSSR count). The molecule has 0 spiro atoms. The van der Waals surface area contributed by atoms with E-state index in [0.29, 0.717) is 12.4 Å². The number of allylic oxidation sites excluding steroid dienone is 5. The Morgan fingerprint density at radius 2 is 2.21 bits per heavy atom. The molecule has 6 heteroatoms. The highest BCUT2D eigenvalue weighted by atomic mass is 16.1. The highest BCUT2D eigenvalue weighted by Gasteiger charge is 2.30. The Bertz CT molecular complexity index is 739. The first-order chi connectivity index (χ1) is 11.8. The van der Waals surface area contributed by atoms with Crippen LogP contribution >= 0.6 is 0 Å². The van der Waals surface area contributed by atoms with Gasteiger partial charge in [-0.25, -0.2) is 9.98 Å². The van der Waals surface area contributed by atoms with Gasteiger partial charge in [0, 0.05) is 19.5 Å². The molecule has 1 unspecified atom stereocenters. The second-order valence-corrected chi connectivity index (χ2v) is 5.88. The van der Waals surface area contributed by atoms with Gasteiger partial charge in [-0.15, -0.1) is 0 Å². The first-order valence-electron chi connectivity index (χ1n) is 8.42. The van der Waals surface area contributed by atoms with Crippen LogP contribution in [0.2, 0.25) is 0 Å². The van der Waals surface area contributed by atoms with E-state index in [1.807, 2.05) is 24.3 Å². The summed E-state index contributed by atoms with van der Waals surface area (Å²) < 4.78 is 2.28. The number of amidine groups is 1. The summed E-state index contributed by atoms with van der Waals surface area (Å²) in [6.45, 7) is 3.67. The van der Waals surface area contributed by atoms with E-state index in [-0.39, 0.29) is 5.92 Å². The number of hydrogen-bond acceptors (Lipinski definition) is 4. The van der Waals surface area contributed by atoms with Gasteiger partial charge in [-0.1, -0.05) is 31.2 Å². The molecule has 1 aliphatic heterocycles. The van der Waals surface area contributed by atoms with Gasteiger partial charge in [0.15, 0.2) is 5.84 Å². The first-order valence-corrected chi connectivity index (χ1v) is 8.42. The van der Waals surface area contributed by atoms with Crippen LogP contribution in [0.15, 0.2) is 41.1 Å². The lowest BCUT2D eigenvalue weighted by Gasteiger charge is -2.22. The van der Waals surface area contributed by atoms with Gasteiger partial charge in [0.2, 0.25) is 6.41 Å². The van der Waals surface area contributed by atoms with Crippen molar-refractivity contribution in [2.24, 2.45) is 10.7 Å². The van der Waals surface area contributed by atoms with Gasteiger partial charge >= 0.3 is 0 Å². The number of fused-ring (bicyclic) bond motifs is 3. The lowest BCUT2D eigenvalue weighted by atomic mass is 9.96. The Hall–Kier alpha value is -2.63. The number of carbonyl (C=O) groups excluding carboxylic acids is 1. The van der Waals surface area contributed by atoms with Crippen LogP contribution < -0.4 is 11.1 Å². The van der Waals surface area contributed by atoms with Crippen LogP contribution in [0.1, 0.15) is 42.9 Å². The molecule has 1 aliphatic carbocycles. The molecule has 0 bridgehead atoms. The highest BCUT2D eigenvalue weighted by molar-refractivity contribution is 5.99. The van der Waals surface area contributed by atoms with Gasteiger partial charge in [-0.3, -0.25) is 4.79 Å². The monoisotopic (exact) mass is 325 g/mol. The molecule has 24 heavy (non-hydrogen) atoms. The number of carbonyl (C=O) groups is 1. The molecule has 126 valence electrons. The average molecular weight is 325 g/mol. The Morgan fingerprint density at radius 3 is 3.00 bits per heavy atom. The van der Waals surface area contributed by atoms with Gasteiger partial charge in [-0.05, 0) is 18.9 Å². The van der Waals surface area contributed by atoms with Crippen LogP contribution in [0, 0.1) is 0 Å². The van der Waals surface area contributed by atoms with E-state index in [1.54, 1.807) is 0 Å². The van der Waals surface area contributed by atoms with Crippen molar-refractivity contribution in [3.05, 3.63) is 53.3 Å². The van der Waals surface area contributed by atoms with Crippen LogP contribution in [-0.2, 0) is 17.8 Å². The molecule has 0 fully saturated rings. The minimum atomic E-state index is 0.0863. The number of aromatic nitrogens is 2. The lowest BCUT2D eigenvalue weighted by Crippen LogP contribution is -2.24. The lowest BCUT2D eigenvalue weighted by molar-refractivity contribution is -0.109. The van der Waals surface area contributed by atoms with Crippen molar-refractivity contribution in [2.75, 3.05) is 6.54 Å². The maximum atomic E-state index is 10.3. The quantitative estimate of drug-likeness (QED) is 0.592. The highest BCUT2D eigenvalue weighted by Crippen LogP contribution is 2.35. The molecule has 6 nitrogen and oxygen atoms in total. The van der Waals surface area contributed by atoms with Crippen molar-refractivity contribution >= 4 is 12.2 Å². The second kappa shape index (κ2) is 7.29. The van der Waals surface area contributed by atoms with Crippen LogP contribution in [0.4, 0.5) is 0 Å². The van der Waals surface area contributed by atoms with E-state index < -0.39 is 0 Å². The molecule has 1 amide bonds. The van der Waals surface area contributed by atoms with Crippen LogP contribution in [0.25, 0.3) is 0 Å². The molecule has 1 aromatic rings. The normalized spacial score (nSPS) is 18.3. The summed E-state index contributed by atoms with van der Waals surface area (Å²) in [5, 5.41) is 2.71. The maximum Gasteiger partial charge on any atom is 0.207 e. The molecule has 2 aliphatic rings. The van der Waals surface area contributed by atoms with Crippen molar-refractivity contribution < 1.29 is 4.79 Å². The van der Waals surface area contributed by atoms with Crippen molar-refractivity contribution in [1.29, 1.82) is 0 Å². The fraction of sp³-hybridized carbons (Fsp3) is 0.389. The maximum absolute atomic E-state index is 10.3. The SMILES string of the molecule is CCc1nc2c(n1CCCCNC=O)C1C=CC=CC=C1N=C2N. The summed E-state index contributed by atoms with van der Waals surface area (Å²) in [7, 11) is 0. The Kier molecular flexibility index (Phi) is 4.93. The number of nitrogens with one attached hydrogen (secondary N) is 1. The third-order valence-corrected chi connectivity index (χ3v) is 4.34. The molecule has 0 aromatic carbocycles. The van der Waals surface area contributed by atoms with Crippen molar-refractivity contribution in [1.82, 2.24) is 14.9 Å². The molecular weight excluding hydrogens is 302 g/mol. The number of aryl methyl sites for hydroxylation is 1. The summed E-state index contributed by atoms with van der Waals surface area (Å²) in [6, 6.07) is 0. The third kappa shape index (κ3) is 3.04. The van der Waals surface area contributed by atoms with E-state index >= 15 is 0 Å². The molecule has 0 saturated heterocycles. The molecule has 3 N–H and O–H groups in total. The molecule has 1 aromatic heterocycles. The largest absolute Gasteiger partial charge is 0.382 e. The van der Waals surface area contributed by atoms with E-state index in [9.17, 15) is 4.79 Å².